The molecule has 0 radical (unpaired) electrons. The second-order valence-electron chi connectivity index (χ2n) is 8.93. The lowest BCUT2D eigenvalue weighted by Gasteiger charge is -2.31. The van der Waals surface area contributed by atoms with Crippen LogP contribution in [0.4, 0.5) is 11.4 Å². The second-order valence-corrected chi connectivity index (χ2v) is 9.84. The van der Waals surface area contributed by atoms with Gasteiger partial charge in [-0.25, -0.2) is 0 Å². The van der Waals surface area contributed by atoms with Crippen LogP contribution in [0.25, 0.3) is 0 Å². The molecule has 3 aromatic rings. The topological polar surface area (TPSA) is 32.8 Å². The third-order valence-electron chi connectivity index (χ3n) is 6.45. The van der Waals surface area contributed by atoms with E-state index in [4.69, 9.17) is 4.74 Å². The number of anilines is 2. The molecular weight excluding hydrogens is 476 g/mol. The van der Waals surface area contributed by atoms with Crippen molar-refractivity contribution in [2.45, 2.75) is 38.6 Å². The lowest BCUT2D eigenvalue weighted by molar-refractivity contribution is -0.120. The van der Waals surface area contributed by atoms with Crippen LogP contribution in [0.3, 0.4) is 0 Å². The largest absolute Gasteiger partial charge is 0.497 e. The minimum atomic E-state index is -0.172. The molecule has 0 bridgehead atoms. The number of fused-ring (bicyclic) bond motifs is 1. The van der Waals surface area contributed by atoms with Gasteiger partial charge in [0.05, 0.1) is 19.6 Å². The zero-order valence-corrected chi connectivity index (χ0v) is 21.4. The van der Waals surface area contributed by atoms with Crippen molar-refractivity contribution in [1.29, 1.82) is 0 Å². The van der Waals surface area contributed by atoms with Crippen LogP contribution in [0.15, 0.2) is 65.1 Å². The van der Waals surface area contributed by atoms with E-state index in [-0.39, 0.29) is 11.8 Å². The fraction of sp³-hybridized carbons (Fsp3) is 0.321. The molecule has 0 fully saturated rings. The second kappa shape index (κ2) is 10.0. The van der Waals surface area contributed by atoms with Crippen LogP contribution in [0, 0.1) is 6.92 Å². The Bertz CT molecular complexity index is 1140. The number of ether oxygens (including phenoxy) is 1. The number of rotatable bonds is 6. The number of carbonyl (C=O) groups excluding carboxylic acids is 1. The average Bonchev–Trinajstić information content (AvgIpc) is 2.82. The van der Waals surface area contributed by atoms with E-state index in [9.17, 15) is 4.79 Å². The molecule has 0 saturated carbocycles. The highest BCUT2D eigenvalue weighted by Gasteiger charge is 2.31. The number of halogens is 1. The molecular formula is C28H31BrN2O2. The van der Waals surface area contributed by atoms with E-state index < -0.39 is 0 Å². The molecule has 3 aromatic carbocycles. The average molecular weight is 507 g/mol. The van der Waals surface area contributed by atoms with Crippen molar-refractivity contribution >= 4 is 33.2 Å². The molecule has 0 saturated heterocycles. The smallest absolute Gasteiger partial charge is 0.234 e. The monoisotopic (exact) mass is 506 g/mol. The van der Waals surface area contributed by atoms with Gasteiger partial charge in [0, 0.05) is 29.9 Å². The van der Waals surface area contributed by atoms with Crippen molar-refractivity contribution < 1.29 is 9.53 Å². The SMILES string of the molecule is COc1ccc2c(c1)C(C(=O)N(Cc1ccc(N(C)C)c(C)c1)c1ccc(Br)cc1)CCC2. The first-order valence-corrected chi connectivity index (χ1v) is 12.2. The van der Waals surface area contributed by atoms with E-state index in [0.717, 1.165) is 46.3 Å². The molecule has 0 heterocycles. The predicted molar refractivity (Wildman–Crippen MR) is 140 cm³/mol. The maximum absolute atomic E-state index is 14.1. The van der Waals surface area contributed by atoms with E-state index in [2.05, 4.69) is 66.1 Å². The number of hydrogen-bond donors (Lipinski definition) is 0. The molecule has 1 unspecified atom stereocenters. The summed E-state index contributed by atoms with van der Waals surface area (Å²) < 4.78 is 6.47. The van der Waals surface area contributed by atoms with Crippen LogP contribution in [-0.4, -0.2) is 27.1 Å². The molecule has 4 nitrogen and oxygen atoms in total. The molecule has 1 aliphatic rings. The first-order chi connectivity index (χ1) is 15.9. The molecule has 172 valence electrons. The summed E-state index contributed by atoms with van der Waals surface area (Å²) in [4.78, 5) is 18.1. The zero-order chi connectivity index (χ0) is 23.5. The lowest BCUT2D eigenvalue weighted by Crippen LogP contribution is -2.36. The number of benzene rings is 3. The summed E-state index contributed by atoms with van der Waals surface area (Å²) in [5.74, 6) is 0.772. The predicted octanol–water partition coefficient (Wildman–Crippen LogP) is 6.49. The summed E-state index contributed by atoms with van der Waals surface area (Å²) in [5, 5.41) is 0. The van der Waals surface area contributed by atoms with Gasteiger partial charge in [-0.15, -0.1) is 0 Å². The molecule has 33 heavy (non-hydrogen) atoms. The van der Waals surface area contributed by atoms with Gasteiger partial charge in [-0.05, 0) is 90.9 Å². The molecule has 0 N–H and O–H groups in total. The number of hydrogen-bond acceptors (Lipinski definition) is 3. The van der Waals surface area contributed by atoms with Crippen molar-refractivity contribution in [2.24, 2.45) is 0 Å². The van der Waals surface area contributed by atoms with E-state index in [0.29, 0.717) is 6.54 Å². The Balaban J connectivity index is 1.71. The van der Waals surface area contributed by atoms with E-state index in [1.807, 2.05) is 41.3 Å². The molecule has 1 aliphatic carbocycles. The maximum Gasteiger partial charge on any atom is 0.234 e. The number of aryl methyl sites for hydroxylation is 2. The van der Waals surface area contributed by atoms with Crippen LogP contribution in [0.5, 0.6) is 5.75 Å². The number of nitrogens with zero attached hydrogens (tertiary/aromatic N) is 2. The van der Waals surface area contributed by atoms with Gasteiger partial charge >= 0.3 is 0 Å². The van der Waals surface area contributed by atoms with Gasteiger partial charge in [-0.1, -0.05) is 34.1 Å². The Kier molecular flexibility index (Phi) is 7.08. The van der Waals surface area contributed by atoms with Gasteiger partial charge in [-0.3, -0.25) is 4.79 Å². The fourth-order valence-corrected chi connectivity index (χ4v) is 5.03. The van der Waals surface area contributed by atoms with Gasteiger partial charge < -0.3 is 14.5 Å². The van der Waals surface area contributed by atoms with Crippen molar-refractivity contribution in [3.8, 4) is 5.75 Å². The Morgan fingerprint density at radius 3 is 2.48 bits per heavy atom. The van der Waals surface area contributed by atoms with Crippen LogP contribution >= 0.6 is 15.9 Å². The molecule has 0 spiro atoms. The van der Waals surface area contributed by atoms with Crippen LogP contribution < -0.4 is 14.5 Å². The minimum Gasteiger partial charge on any atom is -0.497 e. The minimum absolute atomic E-state index is 0.140. The highest BCUT2D eigenvalue weighted by atomic mass is 79.9. The summed E-state index contributed by atoms with van der Waals surface area (Å²) >= 11 is 3.52. The third kappa shape index (κ3) is 5.09. The lowest BCUT2D eigenvalue weighted by atomic mass is 9.81. The van der Waals surface area contributed by atoms with Gasteiger partial charge in [0.25, 0.3) is 0 Å². The standard InChI is InChI=1S/C28H31BrN2O2/c1-19-16-20(8-15-27(19)30(2)3)18-31(23-12-10-22(29)11-13-23)28(32)25-7-5-6-21-9-14-24(33-4)17-26(21)25/h8-17,25H,5-7,18H2,1-4H3. The first kappa shape index (κ1) is 23.4. The molecule has 0 aromatic heterocycles. The summed E-state index contributed by atoms with van der Waals surface area (Å²) in [6, 6.07) is 20.6. The fourth-order valence-electron chi connectivity index (χ4n) is 4.77. The normalized spacial score (nSPS) is 15.0. The Labute approximate surface area is 205 Å². The maximum atomic E-state index is 14.1. The highest BCUT2D eigenvalue weighted by molar-refractivity contribution is 9.10. The Morgan fingerprint density at radius 2 is 1.82 bits per heavy atom. The summed E-state index contributed by atoms with van der Waals surface area (Å²) in [6.45, 7) is 2.65. The number of methoxy groups -OCH3 is 1. The molecule has 5 heteroatoms. The highest BCUT2D eigenvalue weighted by Crippen LogP contribution is 2.37. The summed E-state index contributed by atoms with van der Waals surface area (Å²) in [5.41, 5.74) is 6.78. The quantitative estimate of drug-likeness (QED) is 0.383. The van der Waals surface area contributed by atoms with Crippen molar-refractivity contribution in [3.05, 3.63) is 87.4 Å². The molecule has 1 amide bonds. The van der Waals surface area contributed by atoms with Crippen molar-refractivity contribution in [1.82, 2.24) is 0 Å². The number of carbonyl (C=O) groups is 1. The molecule has 4 rings (SSSR count). The molecule has 0 aliphatic heterocycles. The number of amides is 1. The zero-order valence-electron chi connectivity index (χ0n) is 19.8. The summed E-state index contributed by atoms with van der Waals surface area (Å²) in [6.07, 6.45) is 2.87. The molecule has 1 atom stereocenters. The van der Waals surface area contributed by atoms with Crippen LogP contribution in [-0.2, 0) is 17.8 Å². The first-order valence-electron chi connectivity index (χ1n) is 11.4. The van der Waals surface area contributed by atoms with Gasteiger partial charge in [0.2, 0.25) is 5.91 Å². The van der Waals surface area contributed by atoms with E-state index >= 15 is 0 Å². The summed E-state index contributed by atoms with van der Waals surface area (Å²) in [7, 11) is 5.78. The van der Waals surface area contributed by atoms with E-state index in [1.54, 1.807) is 7.11 Å². The van der Waals surface area contributed by atoms with Crippen LogP contribution in [0.2, 0.25) is 0 Å². The Hall–Kier alpha value is -2.79. The van der Waals surface area contributed by atoms with Crippen LogP contribution in [0.1, 0.15) is 41.0 Å². The van der Waals surface area contributed by atoms with Crippen molar-refractivity contribution in [3.63, 3.8) is 0 Å². The van der Waals surface area contributed by atoms with Gasteiger partial charge in [-0.2, -0.15) is 0 Å². The van der Waals surface area contributed by atoms with Gasteiger partial charge in [0.15, 0.2) is 0 Å². The third-order valence-corrected chi connectivity index (χ3v) is 6.98. The van der Waals surface area contributed by atoms with E-state index in [1.165, 1.54) is 16.8 Å². The Morgan fingerprint density at radius 1 is 1.06 bits per heavy atom. The van der Waals surface area contributed by atoms with Crippen molar-refractivity contribution in [2.75, 3.05) is 31.0 Å². The van der Waals surface area contributed by atoms with Gasteiger partial charge in [0.1, 0.15) is 5.75 Å².